The number of hydrogen-bond acceptors (Lipinski definition) is 4. The third-order valence-corrected chi connectivity index (χ3v) is 4.98. The molecule has 0 saturated heterocycles. The van der Waals surface area contributed by atoms with Gasteiger partial charge in [0.05, 0.1) is 5.69 Å². The Hall–Kier alpha value is -2.44. The molecular formula is C24H30Cl2N4O. The van der Waals surface area contributed by atoms with E-state index in [1.807, 2.05) is 30.3 Å². The third kappa shape index (κ3) is 6.05. The average Bonchev–Trinajstić information content (AvgIpc) is 2.72. The molecule has 2 aromatic carbocycles. The zero-order chi connectivity index (χ0) is 21.0. The van der Waals surface area contributed by atoms with Gasteiger partial charge in [-0.25, -0.2) is 0 Å². The molecule has 0 bridgehead atoms. The number of nitrogens with zero attached hydrogens (tertiary/aromatic N) is 1. The highest BCUT2D eigenvalue weighted by atomic mass is 35.5. The lowest BCUT2D eigenvalue weighted by molar-refractivity contribution is 0.100. The van der Waals surface area contributed by atoms with Crippen LogP contribution in [0.4, 0.5) is 0 Å². The first-order valence-electron chi connectivity index (χ1n) is 9.86. The largest absolute Gasteiger partial charge is 0.366 e. The van der Waals surface area contributed by atoms with E-state index in [2.05, 4.69) is 26.0 Å². The van der Waals surface area contributed by atoms with Gasteiger partial charge in [-0.05, 0) is 46.7 Å². The van der Waals surface area contributed by atoms with Crippen LogP contribution in [0.1, 0.15) is 41.0 Å². The van der Waals surface area contributed by atoms with Crippen LogP contribution in [-0.2, 0) is 19.5 Å². The normalized spacial score (nSPS) is 10.4. The van der Waals surface area contributed by atoms with Crippen molar-refractivity contribution >= 4 is 30.7 Å². The number of pyridine rings is 1. The predicted molar refractivity (Wildman–Crippen MR) is 132 cm³/mol. The van der Waals surface area contributed by atoms with Crippen LogP contribution in [0.2, 0.25) is 0 Å². The standard InChI is InChI=1S/C24H28N4O.2ClH/c1-15(2)11-22-21(14-26)20(17-9-7-16(13-25)8-10-17)12-23(28-22)18-5-3-4-6-19(18)24(27)29;;/h3-10,12,15H,11,13-14,25-26H2,1-2H3,(H2,27,29);2*1H. The van der Waals surface area contributed by atoms with Gasteiger partial charge in [0.1, 0.15) is 0 Å². The lowest BCUT2D eigenvalue weighted by atomic mass is 9.92. The van der Waals surface area contributed by atoms with E-state index in [4.69, 9.17) is 22.2 Å². The Morgan fingerprint density at radius 3 is 2.13 bits per heavy atom. The van der Waals surface area contributed by atoms with Crippen LogP contribution in [0, 0.1) is 5.92 Å². The molecule has 1 amide bonds. The number of halogens is 2. The van der Waals surface area contributed by atoms with Crippen LogP contribution >= 0.6 is 24.8 Å². The van der Waals surface area contributed by atoms with E-state index in [9.17, 15) is 4.79 Å². The van der Waals surface area contributed by atoms with Crippen LogP contribution in [0.3, 0.4) is 0 Å². The highest BCUT2D eigenvalue weighted by Crippen LogP contribution is 2.32. The molecule has 3 aromatic rings. The van der Waals surface area contributed by atoms with Crippen LogP contribution in [-0.4, -0.2) is 10.9 Å². The van der Waals surface area contributed by atoms with Gasteiger partial charge in [-0.2, -0.15) is 0 Å². The Bertz CT molecular complexity index is 1020. The van der Waals surface area contributed by atoms with Gasteiger partial charge in [0.2, 0.25) is 5.91 Å². The number of benzene rings is 2. The molecule has 6 N–H and O–H groups in total. The molecule has 7 heteroatoms. The van der Waals surface area contributed by atoms with E-state index in [1.54, 1.807) is 12.1 Å². The maximum Gasteiger partial charge on any atom is 0.249 e. The second-order valence-corrected chi connectivity index (χ2v) is 7.59. The number of amides is 1. The minimum Gasteiger partial charge on any atom is -0.366 e. The summed E-state index contributed by atoms with van der Waals surface area (Å²) in [5.41, 5.74) is 24.5. The molecule has 31 heavy (non-hydrogen) atoms. The van der Waals surface area contributed by atoms with Crippen molar-refractivity contribution in [1.82, 2.24) is 4.98 Å². The lowest BCUT2D eigenvalue weighted by Gasteiger charge is -2.18. The fourth-order valence-corrected chi connectivity index (χ4v) is 3.55. The van der Waals surface area contributed by atoms with Gasteiger partial charge < -0.3 is 17.2 Å². The fraction of sp³-hybridized carbons (Fsp3) is 0.250. The maximum atomic E-state index is 12.0. The van der Waals surface area contributed by atoms with Gasteiger partial charge >= 0.3 is 0 Å². The Balaban J connectivity index is 0.00000240. The summed E-state index contributed by atoms with van der Waals surface area (Å²) in [5.74, 6) is -0.0496. The Morgan fingerprint density at radius 1 is 0.935 bits per heavy atom. The van der Waals surface area contributed by atoms with Crippen molar-refractivity contribution in [1.29, 1.82) is 0 Å². The molecule has 0 saturated carbocycles. The summed E-state index contributed by atoms with van der Waals surface area (Å²) in [6.45, 7) is 5.19. The van der Waals surface area contributed by atoms with Crippen LogP contribution in [0.5, 0.6) is 0 Å². The van der Waals surface area contributed by atoms with Crippen LogP contribution in [0.15, 0.2) is 54.6 Å². The fourth-order valence-electron chi connectivity index (χ4n) is 3.55. The summed E-state index contributed by atoms with van der Waals surface area (Å²) in [6, 6.07) is 17.5. The summed E-state index contributed by atoms with van der Waals surface area (Å²) >= 11 is 0. The number of aromatic nitrogens is 1. The van der Waals surface area contributed by atoms with Crippen molar-refractivity contribution in [2.24, 2.45) is 23.1 Å². The number of carbonyl (C=O) groups excluding carboxylic acids is 1. The summed E-state index contributed by atoms with van der Waals surface area (Å²) in [4.78, 5) is 16.9. The third-order valence-electron chi connectivity index (χ3n) is 4.98. The zero-order valence-electron chi connectivity index (χ0n) is 17.8. The Morgan fingerprint density at radius 2 is 1.58 bits per heavy atom. The molecule has 3 rings (SSSR count). The second kappa shape index (κ2) is 11.8. The summed E-state index contributed by atoms with van der Waals surface area (Å²) in [7, 11) is 0. The average molecular weight is 461 g/mol. The van der Waals surface area contributed by atoms with Crippen molar-refractivity contribution in [2.45, 2.75) is 33.4 Å². The van der Waals surface area contributed by atoms with Crippen molar-refractivity contribution in [2.75, 3.05) is 0 Å². The number of primary amides is 1. The van der Waals surface area contributed by atoms with E-state index < -0.39 is 5.91 Å². The first-order chi connectivity index (χ1) is 13.9. The highest BCUT2D eigenvalue weighted by Gasteiger charge is 2.18. The van der Waals surface area contributed by atoms with Crippen molar-refractivity contribution in [3.05, 3.63) is 77.0 Å². The predicted octanol–water partition coefficient (Wildman–Crippen LogP) is 4.47. The van der Waals surface area contributed by atoms with Crippen molar-refractivity contribution in [3.8, 4) is 22.4 Å². The molecule has 0 aliphatic heterocycles. The summed E-state index contributed by atoms with van der Waals surface area (Å²) in [5, 5.41) is 0. The molecular weight excluding hydrogens is 431 g/mol. The molecule has 1 heterocycles. The van der Waals surface area contributed by atoms with Gasteiger partial charge in [0.15, 0.2) is 0 Å². The number of hydrogen-bond donors (Lipinski definition) is 3. The molecule has 0 aliphatic rings. The molecule has 1 aromatic heterocycles. The highest BCUT2D eigenvalue weighted by molar-refractivity contribution is 5.99. The van der Waals surface area contributed by atoms with Crippen molar-refractivity contribution < 1.29 is 4.79 Å². The second-order valence-electron chi connectivity index (χ2n) is 7.59. The Kier molecular flexibility index (Phi) is 10.1. The summed E-state index contributed by atoms with van der Waals surface area (Å²) in [6.07, 6.45) is 0.799. The smallest absolute Gasteiger partial charge is 0.249 e. The topological polar surface area (TPSA) is 108 Å². The maximum absolute atomic E-state index is 12.0. The molecule has 0 spiro atoms. The van der Waals surface area contributed by atoms with Gasteiger partial charge in [0, 0.05) is 29.9 Å². The molecule has 166 valence electrons. The first-order valence-corrected chi connectivity index (χ1v) is 9.86. The van der Waals surface area contributed by atoms with Gasteiger partial charge in [-0.1, -0.05) is 56.3 Å². The van der Waals surface area contributed by atoms with Crippen molar-refractivity contribution in [3.63, 3.8) is 0 Å². The monoisotopic (exact) mass is 460 g/mol. The van der Waals surface area contributed by atoms with E-state index in [0.717, 1.165) is 45.6 Å². The van der Waals surface area contributed by atoms with Crippen LogP contribution < -0.4 is 17.2 Å². The first kappa shape index (κ1) is 26.6. The minimum atomic E-state index is -0.468. The van der Waals surface area contributed by atoms with Gasteiger partial charge in [0.25, 0.3) is 0 Å². The minimum absolute atomic E-state index is 0. The summed E-state index contributed by atoms with van der Waals surface area (Å²) < 4.78 is 0. The molecule has 5 nitrogen and oxygen atoms in total. The zero-order valence-corrected chi connectivity index (χ0v) is 19.4. The number of carbonyl (C=O) groups is 1. The molecule has 0 fully saturated rings. The Labute approximate surface area is 196 Å². The van der Waals surface area contributed by atoms with E-state index in [-0.39, 0.29) is 24.8 Å². The molecule has 0 unspecified atom stereocenters. The van der Waals surface area contributed by atoms with Gasteiger partial charge in [-0.3, -0.25) is 9.78 Å². The van der Waals surface area contributed by atoms with Crippen LogP contribution in [0.25, 0.3) is 22.4 Å². The number of nitrogens with two attached hydrogens (primary N) is 3. The molecule has 0 radical (unpaired) electrons. The van der Waals surface area contributed by atoms with E-state index in [1.165, 1.54) is 0 Å². The molecule has 0 aliphatic carbocycles. The van der Waals surface area contributed by atoms with E-state index in [0.29, 0.717) is 24.6 Å². The number of rotatable bonds is 7. The lowest BCUT2D eigenvalue weighted by Crippen LogP contribution is -2.14. The van der Waals surface area contributed by atoms with Gasteiger partial charge in [-0.15, -0.1) is 24.8 Å². The van der Waals surface area contributed by atoms with E-state index >= 15 is 0 Å². The quantitative estimate of drug-likeness (QED) is 0.482. The molecule has 0 atom stereocenters. The SMILES string of the molecule is CC(C)Cc1nc(-c2ccccc2C(N)=O)cc(-c2ccc(CN)cc2)c1CN.Cl.Cl.